The van der Waals surface area contributed by atoms with Gasteiger partial charge in [0.05, 0.1) is 18.8 Å². The van der Waals surface area contributed by atoms with Gasteiger partial charge in [0.1, 0.15) is 18.1 Å². The zero-order valence-electron chi connectivity index (χ0n) is 28.6. The van der Waals surface area contributed by atoms with Crippen LogP contribution in [0.3, 0.4) is 0 Å². The fourth-order valence-corrected chi connectivity index (χ4v) is 8.07. The van der Waals surface area contributed by atoms with Crippen LogP contribution in [0, 0.1) is 28.6 Å². The Hall–Kier alpha value is -3.47. The lowest BCUT2D eigenvalue weighted by Gasteiger charge is -2.41. The molecule has 1 heterocycles. The first-order valence-corrected chi connectivity index (χ1v) is 17.3. The van der Waals surface area contributed by atoms with Crippen LogP contribution in [0.4, 0.5) is 4.79 Å². The Kier molecular flexibility index (Phi) is 10.1. The number of urea groups is 1. The Balaban J connectivity index is 1.30. The number of rotatable bonds is 12. The van der Waals surface area contributed by atoms with Crippen LogP contribution in [0.5, 0.6) is 0 Å². The van der Waals surface area contributed by atoms with E-state index in [1.54, 1.807) is 4.90 Å². The molecule has 3 saturated carbocycles. The Bertz CT molecular complexity index is 1350. The Morgan fingerprint density at radius 3 is 2.21 bits per heavy atom. The maximum Gasteiger partial charge on any atom is 0.315 e. The number of hydrogen-bond donors (Lipinski definition) is 4. The van der Waals surface area contributed by atoms with Gasteiger partial charge in [-0.05, 0) is 59.8 Å². The van der Waals surface area contributed by atoms with Gasteiger partial charge in [0.25, 0.3) is 5.91 Å². The van der Waals surface area contributed by atoms with E-state index in [0.717, 1.165) is 56.9 Å². The quantitative estimate of drug-likeness (QED) is 0.254. The van der Waals surface area contributed by atoms with Crippen molar-refractivity contribution in [2.24, 2.45) is 34.3 Å². The summed E-state index contributed by atoms with van der Waals surface area (Å²) in [6.07, 6.45) is 6.95. The van der Waals surface area contributed by atoms with E-state index in [2.05, 4.69) is 29.8 Å². The fourth-order valence-electron chi connectivity index (χ4n) is 8.07. The number of nitrogens with zero attached hydrogens (tertiary/aromatic N) is 1. The third-order valence-electron chi connectivity index (χ3n) is 11.3. The molecular weight excluding hydrogens is 598 g/mol. The van der Waals surface area contributed by atoms with Crippen LogP contribution in [-0.4, -0.2) is 71.3 Å². The number of ketones is 1. The van der Waals surface area contributed by atoms with E-state index in [0.29, 0.717) is 19.8 Å². The number of hydrogen-bond acceptors (Lipinski definition) is 6. The lowest BCUT2D eigenvalue weighted by atomic mass is 9.78. The van der Waals surface area contributed by atoms with Gasteiger partial charge in [-0.2, -0.15) is 0 Å². The largest absolute Gasteiger partial charge is 0.374 e. The highest BCUT2D eigenvalue weighted by atomic mass is 16.5. The first-order chi connectivity index (χ1) is 22.1. The second kappa shape index (κ2) is 13.6. The van der Waals surface area contributed by atoms with Crippen molar-refractivity contribution < 1.29 is 28.7 Å². The van der Waals surface area contributed by atoms with Gasteiger partial charge < -0.3 is 31.3 Å². The molecule has 1 aliphatic heterocycles. The molecule has 258 valence electrons. The average Bonchev–Trinajstić information content (AvgIpc) is 3.30. The molecule has 11 nitrogen and oxygen atoms in total. The molecule has 4 aliphatic rings. The number of Topliss-reactive ketones (excluding diaryl/α,β-unsaturated/α-hetero) is 1. The number of carbonyl (C=O) groups excluding carboxylic acids is 5. The molecule has 5 rings (SSSR count). The van der Waals surface area contributed by atoms with Gasteiger partial charge in [-0.1, -0.05) is 90.6 Å². The summed E-state index contributed by atoms with van der Waals surface area (Å²) in [6, 6.07) is 6.74. The summed E-state index contributed by atoms with van der Waals surface area (Å²) in [7, 11) is 0. The van der Waals surface area contributed by atoms with Gasteiger partial charge in [-0.15, -0.1) is 0 Å². The number of nitrogens with one attached hydrogen (secondary N) is 3. The molecule has 0 radical (unpaired) electrons. The molecule has 11 heteroatoms. The number of amides is 5. The summed E-state index contributed by atoms with van der Waals surface area (Å²) in [5.74, 6) is -2.80. The Labute approximate surface area is 278 Å². The second-order valence-corrected chi connectivity index (χ2v) is 16.0. The summed E-state index contributed by atoms with van der Waals surface area (Å²) in [4.78, 5) is 68.2. The van der Waals surface area contributed by atoms with Crippen molar-refractivity contribution in [1.29, 1.82) is 0 Å². The molecule has 0 spiro atoms. The predicted molar refractivity (Wildman–Crippen MR) is 177 cm³/mol. The van der Waals surface area contributed by atoms with E-state index in [9.17, 15) is 24.0 Å². The zero-order valence-corrected chi connectivity index (χ0v) is 28.6. The highest BCUT2D eigenvalue weighted by Crippen LogP contribution is 2.65. The summed E-state index contributed by atoms with van der Waals surface area (Å²) >= 11 is 0. The van der Waals surface area contributed by atoms with E-state index in [4.69, 9.17) is 10.5 Å². The van der Waals surface area contributed by atoms with Crippen LogP contribution >= 0.6 is 0 Å². The van der Waals surface area contributed by atoms with Crippen LogP contribution in [-0.2, 0) is 30.5 Å². The number of ether oxygens (including phenoxy) is 1. The summed E-state index contributed by atoms with van der Waals surface area (Å²) in [5, 5.41) is 9.02. The number of benzene rings is 1. The van der Waals surface area contributed by atoms with Crippen LogP contribution in [0.25, 0.3) is 0 Å². The summed E-state index contributed by atoms with van der Waals surface area (Å²) in [5.41, 5.74) is 5.03. The average molecular weight is 652 g/mol. The molecule has 3 aliphatic carbocycles. The molecule has 1 unspecified atom stereocenters. The molecule has 1 aromatic carbocycles. The number of fused-ring (bicyclic) bond motifs is 1. The molecule has 47 heavy (non-hydrogen) atoms. The standard InChI is InChI=1S/C36H53N5O6/c1-34(2,3)29(39-33(46)40-36(17-10-7-11-18-36)21-47-20-22-13-8-6-9-14-22)32(45)41-19-24-25(35(24,4)5)27(41)31(44)38-26(23-15-12-16-23)28(42)30(37)43/h6,8-9,13-14,23-27,29H,7,10-12,15-21H2,1-5H3,(H2,37,43)(H,38,44)(H2,39,40,46)/t24-,25-,26?,27-,29+/m0/s1. The van der Waals surface area contributed by atoms with Gasteiger partial charge in [0, 0.05) is 6.54 Å². The number of nitrogens with two attached hydrogens (primary N) is 1. The SMILES string of the molecule is CC(C)(C)[C@H](NC(=O)NC1(COCc2ccccc2)CCCCC1)C(=O)N1C[C@H]2[C@@H]([C@H]1C(=O)NC(C(=O)C(N)=O)C1CCC1)C2(C)C. The predicted octanol–water partition coefficient (Wildman–Crippen LogP) is 3.44. The molecule has 5 amide bonds. The van der Waals surface area contributed by atoms with Gasteiger partial charge in [-0.3, -0.25) is 19.2 Å². The molecule has 5 N–H and O–H groups in total. The summed E-state index contributed by atoms with van der Waals surface area (Å²) in [6.45, 7) is 11.0. The van der Waals surface area contributed by atoms with Crippen molar-refractivity contribution in [3.8, 4) is 0 Å². The monoisotopic (exact) mass is 651 g/mol. The normalized spacial score (nSPS) is 25.8. The first-order valence-electron chi connectivity index (χ1n) is 17.3. The van der Waals surface area contributed by atoms with Gasteiger partial charge in [0.2, 0.25) is 17.6 Å². The van der Waals surface area contributed by atoms with Crippen molar-refractivity contribution in [3.05, 3.63) is 35.9 Å². The Morgan fingerprint density at radius 1 is 0.979 bits per heavy atom. The van der Waals surface area contributed by atoms with Crippen molar-refractivity contribution in [2.45, 2.75) is 116 Å². The van der Waals surface area contributed by atoms with Gasteiger partial charge >= 0.3 is 6.03 Å². The topological polar surface area (TPSA) is 160 Å². The van der Waals surface area contributed by atoms with E-state index in [1.807, 2.05) is 51.1 Å². The van der Waals surface area contributed by atoms with Crippen molar-refractivity contribution in [3.63, 3.8) is 0 Å². The molecule has 0 bridgehead atoms. The van der Waals surface area contributed by atoms with Crippen molar-refractivity contribution in [2.75, 3.05) is 13.2 Å². The van der Waals surface area contributed by atoms with Crippen LogP contribution in [0.1, 0.15) is 91.5 Å². The van der Waals surface area contributed by atoms with E-state index in [-0.39, 0.29) is 29.1 Å². The van der Waals surface area contributed by atoms with E-state index in [1.165, 1.54) is 0 Å². The maximum absolute atomic E-state index is 14.4. The summed E-state index contributed by atoms with van der Waals surface area (Å²) < 4.78 is 6.12. The van der Waals surface area contributed by atoms with Gasteiger partial charge in [-0.25, -0.2) is 4.79 Å². The van der Waals surface area contributed by atoms with E-state index >= 15 is 0 Å². The minimum atomic E-state index is -1.07. The lowest BCUT2D eigenvalue weighted by Crippen LogP contribution is -2.64. The molecule has 1 aromatic rings. The van der Waals surface area contributed by atoms with Crippen LogP contribution in [0.15, 0.2) is 30.3 Å². The minimum Gasteiger partial charge on any atom is -0.374 e. The number of likely N-dealkylation sites (tertiary alicyclic amines) is 1. The maximum atomic E-state index is 14.4. The smallest absolute Gasteiger partial charge is 0.315 e. The minimum absolute atomic E-state index is 0.0983. The number of carbonyl (C=O) groups is 5. The van der Waals surface area contributed by atoms with Crippen molar-refractivity contribution >= 4 is 29.5 Å². The number of primary amides is 1. The zero-order chi connectivity index (χ0) is 34.1. The molecule has 0 aromatic heterocycles. The second-order valence-electron chi connectivity index (χ2n) is 16.0. The molecular formula is C36H53N5O6. The van der Waals surface area contributed by atoms with Crippen LogP contribution < -0.4 is 21.7 Å². The van der Waals surface area contributed by atoms with E-state index < -0.39 is 52.7 Å². The molecule has 4 fully saturated rings. The number of piperidine rings is 1. The Morgan fingerprint density at radius 2 is 1.64 bits per heavy atom. The highest BCUT2D eigenvalue weighted by molar-refractivity contribution is 6.38. The lowest BCUT2D eigenvalue weighted by molar-refractivity contribution is -0.145. The van der Waals surface area contributed by atoms with Gasteiger partial charge in [0.15, 0.2) is 0 Å². The third-order valence-corrected chi connectivity index (χ3v) is 11.3. The molecule has 1 saturated heterocycles. The highest BCUT2D eigenvalue weighted by Gasteiger charge is 2.70. The molecule has 5 atom stereocenters. The first kappa shape index (κ1) is 34.9. The fraction of sp³-hybridized carbons (Fsp3) is 0.694. The van der Waals surface area contributed by atoms with Crippen LogP contribution in [0.2, 0.25) is 0 Å². The van der Waals surface area contributed by atoms with Crippen molar-refractivity contribution in [1.82, 2.24) is 20.9 Å². The third kappa shape index (κ3) is 7.50.